The van der Waals surface area contributed by atoms with Crippen LogP contribution in [0.25, 0.3) is 0 Å². The van der Waals surface area contributed by atoms with Crippen LogP contribution in [0.3, 0.4) is 0 Å². The molecule has 2 N–H and O–H groups in total. The number of carbonyl (C=O) groups excluding carboxylic acids is 1. The maximum atomic E-state index is 12.8. The third kappa shape index (κ3) is 5.86. The summed E-state index contributed by atoms with van der Waals surface area (Å²) in [5.41, 5.74) is 0.0217. The van der Waals surface area contributed by atoms with Crippen molar-refractivity contribution in [3.8, 4) is 0 Å². The molecule has 0 radical (unpaired) electrons. The van der Waals surface area contributed by atoms with Gasteiger partial charge in [-0.3, -0.25) is 9.52 Å². The summed E-state index contributed by atoms with van der Waals surface area (Å²) < 4.78 is 65.6. The number of aryl methyl sites for hydroxylation is 2. The van der Waals surface area contributed by atoms with Crippen LogP contribution in [0.1, 0.15) is 31.5 Å². The maximum Gasteiger partial charge on any atom is 0.416 e. The van der Waals surface area contributed by atoms with E-state index in [0.29, 0.717) is 19.0 Å². The lowest BCUT2D eigenvalue weighted by atomic mass is 10.2. The van der Waals surface area contributed by atoms with Gasteiger partial charge in [-0.15, -0.1) is 11.3 Å². The third-order valence-corrected chi connectivity index (χ3v) is 7.04. The lowest BCUT2D eigenvalue weighted by molar-refractivity contribution is -0.137. The number of sulfonamides is 1. The Morgan fingerprint density at radius 1 is 1.09 bits per heavy atom. The number of aromatic nitrogens is 1. The first-order valence-electron chi connectivity index (χ1n) is 9.47. The van der Waals surface area contributed by atoms with Gasteiger partial charge in [-0.1, -0.05) is 6.07 Å². The first-order valence-corrected chi connectivity index (χ1v) is 11.8. The molecule has 0 spiro atoms. The topological polar surface area (TPSA) is 88.2 Å². The number of benzene rings is 2. The number of nitrogens with zero attached hydrogens (tertiary/aromatic N) is 1. The molecule has 1 amide bonds. The zero-order valence-electron chi connectivity index (χ0n) is 17.2. The van der Waals surface area contributed by atoms with Gasteiger partial charge in [0, 0.05) is 29.1 Å². The molecule has 3 rings (SSSR count). The molecule has 0 aliphatic rings. The minimum atomic E-state index is -4.59. The zero-order valence-corrected chi connectivity index (χ0v) is 18.8. The normalized spacial score (nSPS) is 11.9. The number of halogens is 3. The number of thiazole rings is 1. The lowest BCUT2D eigenvalue weighted by Gasteiger charge is -2.11. The van der Waals surface area contributed by atoms with Crippen LogP contribution in [-0.2, 0) is 22.6 Å². The Morgan fingerprint density at radius 3 is 2.38 bits per heavy atom. The molecule has 32 heavy (non-hydrogen) atoms. The third-order valence-electron chi connectivity index (χ3n) is 4.51. The Morgan fingerprint density at radius 2 is 1.78 bits per heavy atom. The molecule has 6 nitrogen and oxygen atoms in total. The first kappa shape index (κ1) is 23.7. The fourth-order valence-electron chi connectivity index (χ4n) is 2.96. The van der Waals surface area contributed by atoms with Crippen molar-refractivity contribution in [1.82, 2.24) is 10.3 Å². The van der Waals surface area contributed by atoms with E-state index in [0.717, 1.165) is 27.7 Å². The van der Waals surface area contributed by atoms with Gasteiger partial charge < -0.3 is 5.32 Å². The van der Waals surface area contributed by atoms with Gasteiger partial charge in [0.25, 0.3) is 15.9 Å². The highest BCUT2D eigenvalue weighted by Crippen LogP contribution is 2.31. The first-order chi connectivity index (χ1) is 15.0. The molecule has 170 valence electrons. The van der Waals surface area contributed by atoms with E-state index in [9.17, 15) is 26.4 Å². The van der Waals surface area contributed by atoms with Gasteiger partial charge in [-0.25, -0.2) is 13.4 Å². The van der Waals surface area contributed by atoms with E-state index in [4.69, 9.17) is 0 Å². The van der Waals surface area contributed by atoms with Crippen molar-refractivity contribution < 1.29 is 26.4 Å². The van der Waals surface area contributed by atoms with Crippen LogP contribution in [0, 0.1) is 13.8 Å². The Bertz CT molecular complexity index is 1220. The van der Waals surface area contributed by atoms with Crippen molar-refractivity contribution in [1.29, 1.82) is 0 Å². The minimum absolute atomic E-state index is 0.178. The molecule has 11 heteroatoms. The van der Waals surface area contributed by atoms with Gasteiger partial charge >= 0.3 is 6.18 Å². The van der Waals surface area contributed by atoms with E-state index >= 15 is 0 Å². The van der Waals surface area contributed by atoms with Crippen LogP contribution in [0.4, 0.5) is 18.9 Å². The summed E-state index contributed by atoms with van der Waals surface area (Å²) in [6, 6.07) is 9.04. The van der Waals surface area contributed by atoms with Crippen molar-refractivity contribution in [3.05, 3.63) is 75.2 Å². The Kier molecular flexibility index (Phi) is 6.89. The van der Waals surface area contributed by atoms with Crippen molar-refractivity contribution in [2.24, 2.45) is 0 Å². The van der Waals surface area contributed by atoms with Gasteiger partial charge in [0.05, 0.1) is 21.2 Å². The predicted molar refractivity (Wildman–Crippen MR) is 116 cm³/mol. The molecule has 0 saturated carbocycles. The number of alkyl halides is 3. The quantitative estimate of drug-likeness (QED) is 0.516. The number of nitrogens with one attached hydrogen (secondary N) is 2. The van der Waals surface area contributed by atoms with Crippen molar-refractivity contribution in [2.45, 2.75) is 31.3 Å². The fourth-order valence-corrected chi connectivity index (χ4v) is 4.94. The number of anilines is 1. The van der Waals surface area contributed by atoms with E-state index < -0.39 is 21.8 Å². The van der Waals surface area contributed by atoms with E-state index in [1.54, 1.807) is 11.3 Å². The number of carbonyl (C=O) groups is 1. The van der Waals surface area contributed by atoms with Crippen LogP contribution in [0.15, 0.2) is 53.4 Å². The molecular formula is C21H20F3N3O3S2. The fraction of sp³-hybridized carbons (Fsp3) is 0.238. The van der Waals surface area contributed by atoms with Crippen molar-refractivity contribution in [3.63, 3.8) is 0 Å². The molecule has 3 aromatic rings. The largest absolute Gasteiger partial charge is 0.416 e. The monoisotopic (exact) mass is 483 g/mol. The smallest absolute Gasteiger partial charge is 0.352 e. The van der Waals surface area contributed by atoms with Gasteiger partial charge in [-0.05, 0) is 56.3 Å². The molecule has 0 unspecified atom stereocenters. The van der Waals surface area contributed by atoms with E-state index in [1.807, 2.05) is 13.8 Å². The molecule has 0 saturated heterocycles. The standard InChI is InChI=1S/C21H20F3N3O3S2/c1-13-19(31-14(2)26-13)10-11-25-20(28)15-6-8-18(9-7-15)32(29,30)27-17-5-3-4-16(12-17)21(22,23)24/h3-9,12,27H,10-11H2,1-2H3,(H,25,28). The Hall–Kier alpha value is -2.92. The molecule has 0 aliphatic heterocycles. The van der Waals surface area contributed by atoms with Crippen LogP contribution in [-0.4, -0.2) is 25.9 Å². The van der Waals surface area contributed by atoms with Crippen molar-refractivity contribution >= 4 is 33.0 Å². The van der Waals surface area contributed by atoms with Gasteiger partial charge in [-0.2, -0.15) is 13.2 Å². The Labute approximate surface area is 187 Å². The Balaban J connectivity index is 1.63. The minimum Gasteiger partial charge on any atom is -0.352 e. The van der Waals surface area contributed by atoms with Gasteiger partial charge in [0.15, 0.2) is 0 Å². The molecule has 2 aromatic carbocycles. The summed E-state index contributed by atoms with van der Waals surface area (Å²) in [5.74, 6) is -0.362. The predicted octanol–water partition coefficient (Wildman–Crippen LogP) is 4.55. The summed E-state index contributed by atoms with van der Waals surface area (Å²) in [6.07, 6.45) is -3.95. The van der Waals surface area contributed by atoms with E-state index in [1.165, 1.54) is 30.3 Å². The van der Waals surface area contributed by atoms with Crippen LogP contribution in [0.5, 0.6) is 0 Å². The molecular weight excluding hydrogens is 463 g/mol. The number of hydrogen-bond donors (Lipinski definition) is 2. The second kappa shape index (κ2) is 9.29. The van der Waals surface area contributed by atoms with Crippen LogP contribution < -0.4 is 10.0 Å². The summed E-state index contributed by atoms with van der Waals surface area (Å²) in [4.78, 5) is 17.6. The SMILES string of the molecule is Cc1nc(C)c(CCNC(=O)c2ccc(S(=O)(=O)Nc3cccc(C(F)(F)F)c3)cc2)s1. The number of amides is 1. The van der Waals surface area contributed by atoms with E-state index in [2.05, 4.69) is 15.0 Å². The summed E-state index contributed by atoms with van der Waals surface area (Å²) in [7, 11) is -4.13. The summed E-state index contributed by atoms with van der Waals surface area (Å²) >= 11 is 1.57. The van der Waals surface area contributed by atoms with Gasteiger partial charge in [0.2, 0.25) is 0 Å². The second-order valence-electron chi connectivity index (χ2n) is 6.96. The van der Waals surface area contributed by atoms with Crippen LogP contribution in [0.2, 0.25) is 0 Å². The number of rotatable bonds is 7. The average molecular weight is 484 g/mol. The molecule has 1 heterocycles. The van der Waals surface area contributed by atoms with E-state index in [-0.39, 0.29) is 22.1 Å². The number of hydrogen-bond acceptors (Lipinski definition) is 5. The van der Waals surface area contributed by atoms with Crippen molar-refractivity contribution in [2.75, 3.05) is 11.3 Å². The molecule has 0 aliphatic carbocycles. The second-order valence-corrected chi connectivity index (χ2v) is 9.93. The zero-order chi connectivity index (χ0) is 23.5. The highest BCUT2D eigenvalue weighted by molar-refractivity contribution is 7.92. The molecule has 0 atom stereocenters. The highest BCUT2D eigenvalue weighted by atomic mass is 32.2. The molecule has 1 aromatic heterocycles. The average Bonchev–Trinajstić information content (AvgIpc) is 3.04. The summed E-state index contributed by atoms with van der Waals surface area (Å²) in [5, 5.41) is 3.73. The van der Waals surface area contributed by atoms with Crippen LogP contribution >= 0.6 is 11.3 Å². The van der Waals surface area contributed by atoms with Gasteiger partial charge in [0.1, 0.15) is 0 Å². The molecule has 0 bridgehead atoms. The lowest BCUT2D eigenvalue weighted by Crippen LogP contribution is -2.25. The highest BCUT2D eigenvalue weighted by Gasteiger charge is 2.30. The molecule has 0 fully saturated rings. The maximum absolute atomic E-state index is 12.8. The summed E-state index contributed by atoms with van der Waals surface area (Å²) in [6.45, 7) is 4.23.